The van der Waals surface area contributed by atoms with Gasteiger partial charge in [0, 0.05) is 12.6 Å². The number of benzene rings is 2. The summed E-state index contributed by atoms with van der Waals surface area (Å²) < 4.78 is 0. The Labute approximate surface area is 140 Å². The van der Waals surface area contributed by atoms with E-state index < -0.39 is 0 Å². The van der Waals surface area contributed by atoms with Gasteiger partial charge >= 0.3 is 0 Å². The van der Waals surface area contributed by atoms with Crippen LogP contribution in [0.25, 0.3) is 6.08 Å². The summed E-state index contributed by atoms with van der Waals surface area (Å²) in [7, 11) is 0. The Hall–Kier alpha value is -1.48. The van der Waals surface area contributed by atoms with Crippen LogP contribution in [0.3, 0.4) is 0 Å². The van der Waals surface area contributed by atoms with Crippen LogP contribution in [-0.4, -0.2) is 5.84 Å². The molecule has 0 aliphatic carbocycles. The van der Waals surface area contributed by atoms with E-state index >= 15 is 0 Å². The van der Waals surface area contributed by atoms with Crippen molar-refractivity contribution in [1.29, 1.82) is 0 Å². The van der Waals surface area contributed by atoms with Crippen molar-refractivity contribution in [2.24, 2.45) is 10.7 Å². The number of halogens is 3. The molecule has 5 heteroatoms. The fourth-order valence-electron chi connectivity index (χ4n) is 1.69. The zero-order chi connectivity index (χ0) is 14.4. The molecule has 0 aromatic heterocycles. The van der Waals surface area contributed by atoms with Crippen molar-refractivity contribution in [3.05, 3.63) is 75.9 Å². The summed E-state index contributed by atoms with van der Waals surface area (Å²) in [5.41, 5.74) is 7.94. The van der Waals surface area contributed by atoms with E-state index in [9.17, 15) is 0 Å². The zero-order valence-electron chi connectivity index (χ0n) is 11.2. The molecule has 0 fully saturated rings. The van der Waals surface area contributed by atoms with E-state index in [2.05, 4.69) is 4.99 Å². The molecule has 2 N–H and O–H groups in total. The van der Waals surface area contributed by atoms with Crippen LogP contribution >= 0.6 is 35.6 Å². The Morgan fingerprint density at radius 3 is 2.43 bits per heavy atom. The van der Waals surface area contributed by atoms with Crippen LogP contribution in [0.15, 0.2) is 59.7 Å². The highest BCUT2D eigenvalue weighted by atomic mass is 35.5. The molecule has 2 aromatic carbocycles. The lowest BCUT2D eigenvalue weighted by Crippen LogP contribution is -2.14. The number of hydrogen-bond donors (Lipinski definition) is 1. The first-order valence-corrected chi connectivity index (χ1v) is 6.88. The van der Waals surface area contributed by atoms with E-state index in [1.165, 1.54) is 0 Å². The molecule has 0 spiro atoms. The Bertz CT molecular complexity index is 637. The lowest BCUT2D eigenvalue weighted by atomic mass is 10.1. The highest BCUT2D eigenvalue weighted by Gasteiger charge is 1.97. The number of nitrogens with zero attached hydrogens (tertiary/aromatic N) is 1. The summed E-state index contributed by atoms with van der Waals surface area (Å²) in [6.07, 6.45) is 4.13. The van der Waals surface area contributed by atoms with Crippen molar-refractivity contribution in [3.63, 3.8) is 0 Å². The topological polar surface area (TPSA) is 38.4 Å². The van der Waals surface area contributed by atoms with Gasteiger partial charge in [-0.05, 0) is 29.3 Å². The van der Waals surface area contributed by atoms with Gasteiger partial charge in [0.05, 0.1) is 10.0 Å². The minimum atomic E-state index is 0. The van der Waals surface area contributed by atoms with Gasteiger partial charge in [-0.3, -0.25) is 0 Å². The normalized spacial score (nSPS) is 11.4. The molecule has 0 aliphatic rings. The molecule has 0 aliphatic heterocycles. The summed E-state index contributed by atoms with van der Waals surface area (Å²) in [6.45, 7) is 0. The lowest BCUT2D eigenvalue weighted by molar-refractivity contribution is 1.27. The summed E-state index contributed by atoms with van der Waals surface area (Å²) >= 11 is 11.8. The summed E-state index contributed by atoms with van der Waals surface area (Å²) in [5, 5.41) is 1.06. The van der Waals surface area contributed by atoms with Gasteiger partial charge < -0.3 is 5.73 Å². The smallest absolute Gasteiger partial charge is 0.103 e. The number of amidine groups is 1. The van der Waals surface area contributed by atoms with Gasteiger partial charge in [-0.15, -0.1) is 12.4 Å². The fraction of sp³-hybridized carbons (Fsp3) is 0.0625. The Kier molecular flexibility index (Phi) is 7.30. The van der Waals surface area contributed by atoms with Gasteiger partial charge in [0.2, 0.25) is 0 Å². The first-order chi connectivity index (χ1) is 9.65. The molecule has 2 nitrogen and oxygen atoms in total. The van der Waals surface area contributed by atoms with Crippen LogP contribution in [0.4, 0.5) is 0 Å². The Morgan fingerprint density at radius 2 is 1.76 bits per heavy atom. The van der Waals surface area contributed by atoms with Crippen molar-refractivity contribution in [1.82, 2.24) is 0 Å². The molecule has 0 saturated heterocycles. The predicted molar refractivity (Wildman–Crippen MR) is 94.5 cm³/mol. The third kappa shape index (κ3) is 5.80. The van der Waals surface area contributed by atoms with Gasteiger partial charge in [-0.1, -0.05) is 59.6 Å². The first-order valence-electron chi connectivity index (χ1n) is 6.13. The molecule has 0 heterocycles. The standard InChI is InChI=1S/C16H14Cl2N2.ClH/c17-14-7-6-13(10-15(14)18)8-9-20-16(19)11-12-4-2-1-3-5-12;/h1-10H,11H2,(H2,19,20);1H. The SMILES string of the molecule is Cl.NC(Cc1ccccc1)=NC=Cc1ccc(Cl)c(Cl)c1. The van der Waals surface area contributed by atoms with Crippen LogP contribution in [0.2, 0.25) is 10.0 Å². The maximum absolute atomic E-state index is 5.94. The van der Waals surface area contributed by atoms with Gasteiger partial charge in [0.25, 0.3) is 0 Å². The maximum atomic E-state index is 5.94. The third-order valence-electron chi connectivity index (χ3n) is 2.68. The molecule has 0 saturated carbocycles. The minimum Gasteiger partial charge on any atom is -0.387 e. The van der Waals surface area contributed by atoms with Crippen molar-refractivity contribution >= 4 is 47.5 Å². The van der Waals surface area contributed by atoms with Gasteiger partial charge in [0.15, 0.2) is 0 Å². The number of hydrogen-bond acceptors (Lipinski definition) is 1. The predicted octanol–water partition coefficient (Wildman–Crippen LogP) is 4.99. The molecule has 0 radical (unpaired) electrons. The van der Waals surface area contributed by atoms with Crippen LogP contribution < -0.4 is 5.73 Å². The van der Waals surface area contributed by atoms with Crippen LogP contribution in [0.1, 0.15) is 11.1 Å². The monoisotopic (exact) mass is 340 g/mol. The molecule has 21 heavy (non-hydrogen) atoms. The Morgan fingerprint density at radius 1 is 1.05 bits per heavy atom. The molecule has 110 valence electrons. The summed E-state index contributed by atoms with van der Waals surface area (Å²) in [5.74, 6) is 0.563. The molecule has 0 amide bonds. The quantitative estimate of drug-likeness (QED) is 0.617. The molecular weight excluding hydrogens is 327 g/mol. The summed E-state index contributed by atoms with van der Waals surface area (Å²) in [6, 6.07) is 15.4. The first kappa shape index (κ1) is 17.6. The molecule has 2 aromatic rings. The number of nitrogens with two attached hydrogens (primary N) is 1. The average Bonchev–Trinajstić information content (AvgIpc) is 2.44. The lowest BCUT2D eigenvalue weighted by Gasteiger charge is -1.99. The number of aliphatic imine (C=N–C) groups is 1. The van der Waals surface area contributed by atoms with Crippen molar-refractivity contribution in [3.8, 4) is 0 Å². The second kappa shape index (κ2) is 8.73. The minimum absolute atomic E-state index is 0. The van der Waals surface area contributed by atoms with Crippen molar-refractivity contribution in [2.45, 2.75) is 6.42 Å². The second-order valence-electron chi connectivity index (χ2n) is 4.27. The Balaban J connectivity index is 0.00000220. The second-order valence-corrected chi connectivity index (χ2v) is 5.09. The van der Waals surface area contributed by atoms with Crippen LogP contribution in [0.5, 0.6) is 0 Å². The fourth-order valence-corrected chi connectivity index (χ4v) is 1.99. The van der Waals surface area contributed by atoms with E-state index in [4.69, 9.17) is 28.9 Å². The molecular formula is C16H15Cl3N2. The van der Waals surface area contributed by atoms with E-state index in [0.717, 1.165) is 11.1 Å². The summed E-state index contributed by atoms with van der Waals surface area (Å²) in [4.78, 5) is 4.20. The van der Waals surface area contributed by atoms with Gasteiger partial charge in [-0.25, -0.2) is 4.99 Å². The van der Waals surface area contributed by atoms with Crippen molar-refractivity contribution < 1.29 is 0 Å². The molecule has 0 unspecified atom stereocenters. The molecule has 0 atom stereocenters. The van der Waals surface area contributed by atoms with E-state index in [1.54, 1.807) is 18.3 Å². The van der Waals surface area contributed by atoms with Crippen LogP contribution in [0, 0.1) is 0 Å². The van der Waals surface area contributed by atoms with E-state index in [0.29, 0.717) is 22.3 Å². The van der Waals surface area contributed by atoms with Gasteiger partial charge in [-0.2, -0.15) is 0 Å². The maximum Gasteiger partial charge on any atom is 0.103 e. The molecule has 0 bridgehead atoms. The highest BCUT2D eigenvalue weighted by molar-refractivity contribution is 6.42. The largest absolute Gasteiger partial charge is 0.387 e. The van der Waals surface area contributed by atoms with Crippen LogP contribution in [-0.2, 0) is 6.42 Å². The number of rotatable bonds is 4. The van der Waals surface area contributed by atoms with Gasteiger partial charge in [0.1, 0.15) is 5.84 Å². The van der Waals surface area contributed by atoms with Crippen molar-refractivity contribution in [2.75, 3.05) is 0 Å². The highest BCUT2D eigenvalue weighted by Crippen LogP contribution is 2.23. The third-order valence-corrected chi connectivity index (χ3v) is 3.42. The average molecular weight is 342 g/mol. The van der Waals surface area contributed by atoms with E-state index in [-0.39, 0.29) is 12.4 Å². The van der Waals surface area contributed by atoms with E-state index in [1.807, 2.05) is 42.5 Å². The molecule has 2 rings (SSSR count). The zero-order valence-corrected chi connectivity index (χ0v) is 13.5.